The molecule has 1 aromatic carbocycles. The number of fused-ring (bicyclic) bond motifs is 1. The van der Waals surface area contributed by atoms with Crippen molar-refractivity contribution in [2.45, 2.75) is 75.8 Å². The summed E-state index contributed by atoms with van der Waals surface area (Å²) >= 11 is 0. The summed E-state index contributed by atoms with van der Waals surface area (Å²) in [5.41, 5.74) is 1.79. The van der Waals surface area contributed by atoms with E-state index in [9.17, 15) is 31.5 Å². The van der Waals surface area contributed by atoms with Gasteiger partial charge in [-0.05, 0) is 52.4 Å². The van der Waals surface area contributed by atoms with Crippen LogP contribution in [0.25, 0.3) is 0 Å². The number of aromatic nitrogens is 2. The lowest BCUT2D eigenvalue weighted by Gasteiger charge is -2.44. The molecule has 2 aliphatic heterocycles. The Morgan fingerprint density at radius 3 is 2.49 bits per heavy atom. The van der Waals surface area contributed by atoms with Crippen LogP contribution < -0.4 is 25.2 Å². The first-order valence-corrected chi connectivity index (χ1v) is 15.4. The van der Waals surface area contributed by atoms with Gasteiger partial charge in [0.1, 0.15) is 17.6 Å². The molecule has 1 saturated carbocycles. The highest BCUT2D eigenvalue weighted by Gasteiger charge is 2.48. The number of ether oxygens (including phenoxy) is 1. The van der Waals surface area contributed by atoms with E-state index >= 15 is 0 Å². The highest BCUT2D eigenvalue weighted by atomic mass is 19.4. The Hall–Kier alpha value is -4.21. The third kappa shape index (κ3) is 7.21. The Balaban J connectivity index is 1.51. The second-order valence-corrected chi connectivity index (χ2v) is 12.4. The fourth-order valence-electron chi connectivity index (χ4n) is 6.23. The summed E-state index contributed by atoms with van der Waals surface area (Å²) in [5.74, 6) is -2.92. The number of carbonyl (C=O) groups excluding carboxylic acids is 2. The molecule has 3 aliphatic rings. The van der Waals surface area contributed by atoms with Gasteiger partial charge in [-0.2, -0.15) is 18.2 Å². The number of hydrogen-bond donors (Lipinski definition) is 2. The molecule has 5 rings (SSSR count). The lowest BCUT2D eigenvalue weighted by molar-refractivity contribution is -0.172. The maximum atomic E-state index is 14.0. The zero-order valence-electron chi connectivity index (χ0n) is 26.7. The molecule has 47 heavy (non-hydrogen) atoms. The van der Waals surface area contributed by atoms with Gasteiger partial charge in [-0.3, -0.25) is 9.69 Å². The summed E-state index contributed by atoms with van der Waals surface area (Å²) in [5, 5.41) is 5.90. The number of likely N-dealkylation sites (N-methyl/N-ethyl adjacent to an activating group) is 1. The number of alkyl halides is 5. The summed E-state index contributed by atoms with van der Waals surface area (Å²) < 4.78 is 75.0. The van der Waals surface area contributed by atoms with Crippen LogP contribution in [-0.4, -0.2) is 96.2 Å². The summed E-state index contributed by atoms with van der Waals surface area (Å²) in [6.45, 7) is 5.47. The van der Waals surface area contributed by atoms with Gasteiger partial charge in [0.15, 0.2) is 0 Å². The number of hydrogen-bond acceptors (Lipinski definition) is 8. The number of rotatable bonds is 9. The van der Waals surface area contributed by atoms with Gasteiger partial charge < -0.3 is 30.1 Å². The minimum Gasteiger partial charge on any atom is -0.494 e. The van der Waals surface area contributed by atoms with E-state index in [4.69, 9.17) is 4.74 Å². The fraction of sp³-hybridized carbons (Fsp3) is 0.548. The molecule has 256 valence electrons. The van der Waals surface area contributed by atoms with Crippen LogP contribution in [0.1, 0.15) is 44.6 Å². The maximum Gasteiger partial charge on any atom is 0.408 e. The van der Waals surface area contributed by atoms with Gasteiger partial charge in [0.2, 0.25) is 17.8 Å². The molecule has 3 heterocycles. The molecule has 16 heteroatoms. The molecule has 11 nitrogen and oxygen atoms in total. The molecule has 2 aromatic rings. The first kappa shape index (κ1) is 34.1. The number of carbonyl (C=O) groups is 2. The molecule has 2 atom stereocenters. The van der Waals surface area contributed by atoms with Crippen molar-refractivity contribution in [3.63, 3.8) is 0 Å². The van der Waals surface area contributed by atoms with Gasteiger partial charge in [-0.25, -0.2) is 18.6 Å². The monoisotopic (exact) mass is 666 g/mol. The molecule has 0 bridgehead atoms. The van der Waals surface area contributed by atoms with E-state index in [-0.39, 0.29) is 30.2 Å². The van der Waals surface area contributed by atoms with E-state index in [0.29, 0.717) is 28.1 Å². The van der Waals surface area contributed by atoms with Crippen molar-refractivity contribution in [2.75, 3.05) is 54.7 Å². The number of amides is 3. The van der Waals surface area contributed by atoms with E-state index < -0.39 is 55.5 Å². The Bertz CT molecular complexity index is 1510. The van der Waals surface area contributed by atoms with Gasteiger partial charge in [0, 0.05) is 55.8 Å². The number of methoxy groups -OCH3 is 1. The summed E-state index contributed by atoms with van der Waals surface area (Å²) in [4.78, 5) is 40.9. The number of urea groups is 1. The van der Waals surface area contributed by atoms with Crippen molar-refractivity contribution in [3.8, 4) is 5.75 Å². The SMILES string of the molecule is C=CC(=O)Nc1cc(Nc2ncc3c(n2)N(C2CCC(F)(F)CC2)C(=O)N([C@H](C)C(F)(F)F)C3)c(OC)cc1N1CC[C@@H](N(C)C)C1. The Kier molecular flexibility index (Phi) is 9.53. The van der Waals surface area contributed by atoms with Crippen LogP contribution in [-0.2, 0) is 11.3 Å². The quantitative estimate of drug-likeness (QED) is 0.257. The Labute approximate surface area is 269 Å². The van der Waals surface area contributed by atoms with Gasteiger partial charge in [0.05, 0.1) is 30.7 Å². The maximum absolute atomic E-state index is 14.0. The molecule has 0 unspecified atom stereocenters. The Morgan fingerprint density at radius 2 is 1.89 bits per heavy atom. The number of benzene rings is 1. The molecule has 1 saturated heterocycles. The first-order chi connectivity index (χ1) is 22.1. The highest BCUT2D eigenvalue weighted by molar-refractivity contribution is 6.02. The number of halogens is 5. The number of nitrogens with one attached hydrogen (secondary N) is 2. The van der Waals surface area contributed by atoms with E-state index in [1.165, 1.54) is 13.3 Å². The van der Waals surface area contributed by atoms with Crippen LogP contribution in [0, 0.1) is 0 Å². The predicted molar refractivity (Wildman–Crippen MR) is 168 cm³/mol. The van der Waals surface area contributed by atoms with E-state index in [1.807, 2.05) is 14.1 Å². The summed E-state index contributed by atoms with van der Waals surface area (Å²) in [6.07, 6.45) is -2.53. The topological polar surface area (TPSA) is 106 Å². The van der Waals surface area contributed by atoms with Crippen molar-refractivity contribution in [1.82, 2.24) is 19.8 Å². The van der Waals surface area contributed by atoms with Gasteiger partial charge >= 0.3 is 12.2 Å². The van der Waals surface area contributed by atoms with Crippen LogP contribution in [0.3, 0.4) is 0 Å². The average Bonchev–Trinajstić information content (AvgIpc) is 3.51. The van der Waals surface area contributed by atoms with Crippen molar-refractivity contribution in [2.24, 2.45) is 0 Å². The third-order valence-corrected chi connectivity index (χ3v) is 9.10. The molecule has 0 radical (unpaired) electrons. The predicted octanol–water partition coefficient (Wildman–Crippen LogP) is 5.76. The van der Waals surface area contributed by atoms with E-state index in [0.717, 1.165) is 43.1 Å². The second-order valence-electron chi connectivity index (χ2n) is 12.4. The van der Waals surface area contributed by atoms with Crippen LogP contribution in [0.2, 0.25) is 0 Å². The number of anilines is 5. The minimum absolute atomic E-state index is 0.0131. The molecule has 3 amide bonds. The van der Waals surface area contributed by atoms with Crippen LogP contribution in [0.4, 0.5) is 55.6 Å². The average molecular weight is 667 g/mol. The molecular weight excluding hydrogens is 627 g/mol. The van der Waals surface area contributed by atoms with Crippen molar-refractivity contribution >= 4 is 40.8 Å². The lowest BCUT2D eigenvalue weighted by atomic mass is 9.90. The minimum atomic E-state index is -4.70. The molecule has 1 aromatic heterocycles. The normalized spacial score (nSPS) is 20.7. The lowest BCUT2D eigenvalue weighted by Crippen LogP contribution is -2.58. The highest BCUT2D eigenvalue weighted by Crippen LogP contribution is 2.42. The fourth-order valence-corrected chi connectivity index (χ4v) is 6.23. The van der Waals surface area contributed by atoms with E-state index in [1.54, 1.807) is 12.1 Å². The Morgan fingerprint density at radius 1 is 1.19 bits per heavy atom. The van der Waals surface area contributed by atoms with Gasteiger partial charge in [-0.1, -0.05) is 6.58 Å². The largest absolute Gasteiger partial charge is 0.494 e. The van der Waals surface area contributed by atoms with Crippen LogP contribution >= 0.6 is 0 Å². The molecule has 0 spiro atoms. The van der Waals surface area contributed by atoms with Crippen LogP contribution in [0.15, 0.2) is 31.0 Å². The number of nitrogens with zero attached hydrogens (tertiary/aromatic N) is 6. The molecule has 1 aliphatic carbocycles. The molecule has 2 fully saturated rings. The smallest absolute Gasteiger partial charge is 0.408 e. The first-order valence-electron chi connectivity index (χ1n) is 15.4. The molecule has 2 N–H and O–H groups in total. The van der Waals surface area contributed by atoms with Crippen molar-refractivity contribution in [1.29, 1.82) is 0 Å². The second kappa shape index (κ2) is 13.1. The zero-order chi connectivity index (χ0) is 34.3. The van der Waals surface area contributed by atoms with Gasteiger partial charge in [-0.15, -0.1) is 0 Å². The van der Waals surface area contributed by atoms with E-state index in [2.05, 4.69) is 37.0 Å². The third-order valence-electron chi connectivity index (χ3n) is 9.10. The standard InChI is InChI=1S/C31H39F5N8O3/c1-6-26(45)38-22-13-23(25(47-5)14-24(22)42-12-9-21(17-42)41(3)4)39-28-37-15-19-16-43(18(2)31(34,35)36)29(46)44(27(19)40-28)20-7-10-30(32,33)11-8-20/h6,13-15,18,20-21H,1,7-12,16-17H2,2-5H3,(H,38,45)(H,37,39,40)/t18-,21-/m1/s1. The summed E-state index contributed by atoms with van der Waals surface area (Å²) in [6, 6.07) is -0.134. The van der Waals surface area contributed by atoms with Gasteiger partial charge in [0.25, 0.3) is 0 Å². The summed E-state index contributed by atoms with van der Waals surface area (Å²) in [7, 11) is 5.49. The van der Waals surface area contributed by atoms with Crippen LogP contribution in [0.5, 0.6) is 5.75 Å². The van der Waals surface area contributed by atoms with Crippen molar-refractivity contribution in [3.05, 3.63) is 36.5 Å². The zero-order valence-corrected chi connectivity index (χ0v) is 26.7. The van der Waals surface area contributed by atoms with Crippen molar-refractivity contribution < 1.29 is 36.3 Å². The molecular formula is C31H39F5N8O3.